The van der Waals surface area contributed by atoms with Crippen molar-refractivity contribution >= 4 is 16.6 Å². The van der Waals surface area contributed by atoms with E-state index in [9.17, 15) is 8.78 Å². The lowest BCUT2D eigenvalue weighted by atomic mass is 9.89. The molecule has 0 aliphatic carbocycles. The number of nitrogens with zero attached hydrogens (tertiary/aromatic N) is 2. The number of benzene rings is 2. The van der Waals surface area contributed by atoms with Crippen LogP contribution in [0.15, 0.2) is 30.3 Å². The molecule has 0 amide bonds. The SMILES string of the molecule is CCc1c(C)c2c3c(cc(C(F)F)n3CCN2C)c1-c1ccc(C)cc1. The smallest absolute Gasteiger partial charge is 0.278 e. The molecule has 4 heteroatoms. The van der Waals surface area contributed by atoms with Gasteiger partial charge in [-0.1, -0.05) is 36.8 Å². The molecule has 2 nitrogen and oxygen atoms in total. The number of likely N-dealkylation sites (N-methyl/N-ethyl adjacent to an activating group) is 1. The molecule has 4 rings (SSSR count). The van der Waals surface area contributed by atoms with E-state index in [-0.39, 0.29) is 5.69 Å². The Morgan fingerprint density at radius 3 is 2.38 bits per heavy atom. The lowest BCUT2D eigenvalue weighted by molar-refractivity contribution is 0.141. The third-order valence-electron chi connectivity index (χ3n) is 5.69. The molecule has 26 heavy (non-hydrogen) atoms. The van der Waals surface area contributed by atoms with Gasteiger partial charge in [-0.2, -0.15) is 0 Å². The highest BCUT2D eigenvalue weighted by Gasteiger charge is 2.28. The summed E-state index contributed by atoms with van der Waals surface area (Å²) < 4.78 is 29.3. The molecule has 1 aromatic heterocycles. The third-order valence-corrected chi connectivity index (χ3v) is 5.69. The summed E-state index contributed by atoms with van der Waals surface area (Å²) in [5.74, 6) is 0. The van der Waals surface area contributed by atoms with Gasteiger partial charge in [0.1, 0.15) is 0 Å². The Bertz CT molecular complexity index is 984. The molecule has 136 valence electrons. The van der Waals surface area contributed by atoms with Gasteiger partial charge in [-0.25, -0.2) is 8.78 Å². The molecule has 0 fully saturated rings. The number of alkyl halides is 2. The normalized spacial score (nSPS) is 13.9. The van der Waals surface area contributed by atoms with Crippen molar-refractivity contribution < 1.29 is 8.78 Å². The van der Waals surface area contributed by atoms with Crippen molar-refractivity contribution in [2.45, 2.75) is 40.2 Å². The molecule has 1 aliphatic heterocycles. The van der Waals surface area contributed by atoms with Crippen LogP contribution in [0.5, 0.6) is 0 Å². The minimum atomic E-state index is -2.46. The Morgan fingerprint density at radius 1 is 1.08 bits per heavy atom. The highest BCUT2D eigenvalue weighted by Crippen LogP contribution is 2.45. The van der Waals surface area contributed by atoms with Crippen molar-refractivity contribution in [2.75, 3.05) is 18.5 Å². The summed E-state index contributed by atoms with van der Waals surface area (Å²) in [5.41, 5.74) is 8.07. The van der Waals surface area contributed by atoms with Gasteiger partial charge in [0.25, 0.3) is 6.43 Å². The van der Waals surface area contributed by atoms with E-state index in [1.807, 2.05) is 4.57 Å². The standard InChI is InChI=1S/C22H24F2N2/c1-5-16-14(3)20-21-17(19(16)15-8-6-13(2)7-9-15)12-18(22(23)24)26(21)11-10-25(20)4/h6-9,12,22H,5,10-11H2,1-4H3. The average molecular weight is 354 g/mol. The molecule has 2 aromatic carbocycles. The molecule has 0 radical (unpaired) electrons. The maximum absolute atomic E-state index is 13.7. The summed E-state index contributed by atoms with van der Waals surface area (Å²) in [6.07, 6.45) is -1.59. The van der Waals surface area contributed by atoms with Gasteiger partial charge >= 0.3 is 0 Å². The van der Waals surface area contributed by atoms with E-state index < -0.39 is 6.43 Å². The average Bonchev–Trinajstić information content (AvgIpc) is 2.99. The Balaban J connectivity index is 2.17. The van der Waals surface area contributed by atoms with Crippen LogP contribution in [-0.4, -0.2) is 18.2 Å². The van der Waals surface area contributed by atoms with Crippen molar-refractivity contribution in [3.8, 4) is 11.1 Å². The second-order valence-electron chi connectivity index (χ2n) is 7.25. The van der Waals surface area contributed by atoms with E-state index in [1.54, 1.807) is 6.07 Å². The number of hydrogen-bond donors (Lipinski definition) is 0. The van der Waals surface area contributed by atoms with Crippen molar-refractivity contribution in [1.29, 1.82) is 0 Å². The van der Waals surface area contributed by atoms with Gasteiger partial charge < -0.3 is 9.47 Å². The molecular formula is C22H24F2N2. The van der Waals surface area contributed by atoms with Crippen molar-refractivity contribution in [1.82, 2.24) is 4.57 Å². The quantitative estimate of drug-likeness (QED) is 0.571. The van der Waals surface area contributed by atoms with Gasteiger partial charge in [0.05, 0.1) is 16.9 Å². The second-order valence-corrected chi connectivity index (χ2v) is 7.25. The van der Waals surface area contributed by atoms with E-state index in [1.165, 1.54) is 16.7 Å². The predicted molar refractivity (Wildman–Crippen MR) is 104 cm³/mol. The zero-order valence-electron chi connectivity index (χ0n) is 15.7. The van der Waals surface area contributed by atoms with Crippen LogP contribution in [0, 0.1) is 13.8 Å². The van der Waals surface area contributed by atoms with Gasteiger partial charge in [0.2, 0.25) is 0 Å². The molecule has 0 saturated heterocycles. The van der Waals surface area contributed by atoms with Crippen LogP contribution in [0.4, 0.5) is 14.5 Å². The number of rotatable bonds is 3. The molecule has 0 spiro atoms. The van der Waals surface area contributed by atoms with E-state index in [4.69, 9.17) is 0 Å². The molecule has 3 aromatic rings. The first-order valence-electron chi connectivity index (χ1n) is 9.18. The van der Waals surface area contributed by atoms with Gasteiger partial charge in [-0.15, -0.1) is 0 Å². The second kappa shape index (κ2) is 6.11. The first-order chi connectivity index (χ1) is 12.4. The fourth-order valence-corrected chi connectivity index (χ4v) is 4.43. The minimum Gasteiger partial charge on any atom is -0.371 e. The molecule has 0 bridgehead atoms. The summed E-state index contributed by atoms with van der Waals surface area (Å²) in [6.45, 7) is 7.70. The fourth-order valence-electron chi connectivity index (χ4n) is 4.43. The Hall–Kier alpha value is -2.36. The van der Waals surface area contributed by atoms with Gasteiger partial charge in [0.15, 0.2) is 0 Å². The molecule has 0 N–H and O–H groups in total. The first kappa shape index (κ1) is 17.1. The number of hydrogen-bond acceptors (Lipinski definition) is 1. The van der Waals surface area contributed by atoms with Crippen molar-refractivity contribution in [3.05, 3.63) is 52.7 Å². The van der Waals surface area contributed by atoms with Gasteiger partial charge in [-0.05, 0) is 48.6 Å². The van der Waals surface area contributed by atoms with Crippen LogP contribution in [0.25, 0.3) is 22.0 Å². The lowest BCUT2D eigenvalue weighted by Crippen LogP contribution is -2.29. The third kappa shape index (κ3) is 2.35. The van der Waals surface area contributed by atoms with Gasteiger partial charge in [0, 0.05) is 25.5 Å². The minimum absolute atomic E-state index is 0.135. The van der Waals surface area contributed by atoms with Gasteiger partial charge in [-0.3, -0.25) is 0 Å². The number of halogens is 2. The summed E-state index contributed by atoms with van der Waals surface area (Å²) in [5, 5.41) is 0.952. The zero-order valence-corrected chi connectivity index (χ0v) is 15.7. The van der Waals surface area contributed by atoms with Crippen LogP contribution in [0.1, 0.15) is 35.7 Å². The topological polar surface area (TPSA) is 8.17 Å². The van der Waals surface area contributed by atoms with Crippen molar-refractivity contribution in [3.63, 3.8) is 0 Å². The summed E-state index contributed by atoms with van der Waals surface area (Å²) in [6, 6.07) is 10.1. The van der Waals surface area contributed by atoms with Crippen LogP contribution in [-0.2, 0) is 13.0 Å². The van der Waals surface area contributed by atoms with Crippen LogP contribution in [0.2, 0.25) is 0 Å². The van der Waals surface area contributed by atoms with E-state index in [2.05, 4.69) is 57.0 Å². The molecule has 0 unspecified atom stereocenters. The predicted octanol–water partition coefficient (Wildman–Crippen LogP) is 5.87. The van der Waals surface area contributed by atoms with E-state index >= 15 is 0 Å². The highest BCUT2D eigenvalue weighted by molar-refractivity contribution is 6.06. The molecular weight excluding hydrogens is 330 g/mol. The Kier molecular flexibility index (Phi) is 4.02. The molecule has 1 aliphatic rings. The summed E-state index contributed by atoms with van der Waals surface area (Å²) >= 11 is 0. The molecule has 0 saturated carbocycles. The zero-order chi connectivity index (χ0) is 18.6. The highest BCUT2D eigenvalue weighted by atomic mass is 19.3. The monoisotopic (exact) mass is 354 g/mol. The van der Waals surface area contributed by atoms with Crippen LogP contribution >= 0.6 is 0 Å². The van der Waals surface area contributed by atoms with Crippen molar-refractivity contribution in [2.24, 2.45) is 0 Å². The van der Waals surface area contributed by atoms with Crippen LogP contribution in [0.3, 0.4) is 0 Å². The van der Waals surface area contributed by atoms with E-state index in [0.717, 1.165) is 40.7 Å². The fraction of sp³-hybridized carbons (Fsp3) is 0.364. The Labute approximate surface area is 153 Å². The summed E-state index contributed by atoms with van der Waals surface area (Å²) in [7, 11) is 2.06. The Morgan fingerprint density at radius 2 is 1.77 bits per heavy atom. The summed E-state index contributed by atoms with van der Waals surface area (Å²) in [4.78, 5) is 2.21. The largest absolute Gasteiger partial charge is 0.371 e. The maximum atomic E-state index is 13.7. The maximum Gasteiger partial charge on any atom is 0.278 e. The lowest BCUT2D eigenvalue weighted by Gasteiger charge is -2.31. The first-order valence-corrected chi connectivity index (χ1v) is 9.18. The molecule has 2 heterocycles. The number of aromatic nitrogens is 1. The number of aryl methyl sites for hydroxylation is 1. The molecule has 0 atom stereocenters. The number of anilines is 1. The van der Waals surface area contributed by atoms with Crippen LogP contribution < -0.4 is 4.90 Å². The van der Waals surface area contributed by atoms with E-state index in [0.29, 0.717) is 6.54 Å².